The number of ketones is 1. The van der Waals surface area contributed by atoms with Crippen LogP contribution in [0.4, 0.5) is 0 Å². The second kappa shape index (κ2) is 5.60. The second-order valence-electron chi connectivity index (χ2n) is 4.90. The van der Waals surface area contributed by atoms with Gasteiger partial charge >= 0.3 is 0 Å². The standard InChI is InChI=1S/C14H17Cl2NO/c1-2-14(5-6-17-9-14)13(18)8-10-7-11(15)3-4-12(10)16/h3-4,7,17H,2,5-6,8-9H2,1H3. The van der Waals surface area contributed by atoms with Gasteiger partial charge in [-0.05, 0) is 43.1 Å². The molecule has 18 heavy (non-hydrogen) atoms. The lowest BCUT2D eigenvalue weighted by atomic mass is 9.78. The summed E-state index contributed by atoms with van der Waals surface area (Å²) in [7, 11) is 0. The summed E-state index contributed by atoms with van der Waals surface area (Å²) >= 11 is 12.1. The number of hydrogen-bond acceptors (Lipinski definition) is 2. The highest BCUT2D eigenvalue weighted by molar-refractivity contribution is 6.33. The summed E-state index contributed by atoms with van der Waals surface area (Å²) in [6.07, 6.45) is 2.16. The molecule has 1 N–H and O–H groups in total. The molecule has 1 saturated heterocycles. The van der Waals surface area contributed by atoms with Crippen molar-refractivity contribution in [2.45, 2.75) is 26.2 Å². The van der Waals surface area contributed by atoms with Gasteiger partial charge in [-0.1, -0.05) is 30.1 Å². The normalized spacial score (nSPS) is 23.3. The fourth-order valence-corrected chi connectivity index (χ4v) is 2.90. The number of carbonyl (C=O) groups is 1. The molecule has 0 bridgehead atoms. The molecule has 1 aromatic carbocycles. The summed E-state index contributed by atoms with van der Waals surface area (Å²) in [5.74, 6) is 0.263. The van der Waals surface area contributed by atoms with Gasteiger partial charge in [-0.25, -0.2) is 0 Å². The average molecular weight is 286 g/mol. The predicted octanol–water partition coefficient (Wildman–Crippen LogP) is 3.49. The molecule has 1 atom stereocenters. The zero-order valence-electron chi connectivity index (χ0n) is 10.4. The van der Waals surface area contributed by atoms with Crippen molar-refractivity contribution >= 4 is 29.0 Å². The topological polar surface area (TPSA) is 29.1 Å². The quantitative estimate of drug-likeness (QED) is 0.918. The van der Waals surface area contributed by atoms with Gasteiger partial charge in [-0.3, -0.25) is 4.79 Å². The molecule has 0 amide bonds. The Morgan fingerprint density at radius 1 is 1.44 bits per heavy atom. The monoisotopic (exact) mass is 285 g/mol. The molecule has 1 heterocycles. The Kier molecular flexibility index (Phi) is 4.31. The molecule has 0 radical (unpaired) electrons. The van der Waals surface area contributed by atoms with Crippen LogP contribution in [0.2, 0.25) is 10.0 Å². The lowest BCUT2D eigenvalue weighted by Crippen LogP contribution is -2.34. The lowest BCUT2D eigenvalue weighted by molar-refractivity contribution is -0.127. The first-order chi connectivity index (χ1) is 8.57. The van der Waals surface area contributed by atoms with E-state index in [1.165, 1.54) is 0 Å². The lowest BCUT2D eigenvalue weighted by Gasteiger charge is -2.25. The molecule has 1 unspecified atom stereocenters. The second-order valence-corrected chi connectivity index (χ2v) is 5.74. The van der Waals surface area contributed by atoms with Crippen LogP contribution < -0.4 is 5.32 Å². The minimum absolute atomic E-state index is 0.217. The number of Topliss-reactive ketones (excluding diaryl/α,β-unsaturated/α-hetero) is 1. The Balaban J connectivity index is 2.18. The van der Waals surface area contributed by atoms with Crippen molar-refractivity contribution in [2.75, 3.05) is 13.1 Å². The van der Waals surface area contributed by atoms with E-state index in [1.54, 1.807) is 18.2 Å². The Bertz CT molecular complexity index is 453. The van der Waals surface area contributed by atoms with Gasteiger partial charge in [0.15, 0.2) is 0 Å². The van der Waals surface area contributed by atoms with Crippen molar-refractivity contribution in [3.8, 4) is 0 Å². The van der Waals surface area contributed by atoms with Gasteiger partial charge in [0.2, 0.25) is 0 Å². The van der Waals surface area contributed by atoms with Crippen LogP contribution in [0.5, 0.6) is 0 Å². The number of nitrogens with one attached hydrogen (secondary N) is 1. The average Bonchev–Trinajstić information content (AvgIpc) is 2.84. The minimum Gasteiger partial charge on any atom is -0.316 e. The molecule has 1 aliphatic rings. The van der Waals surface area contributed by atoms with Gasteiger partial charge in [0.25, 0.3) is 0 Å². The van der Waals surface area contributed by atoms with Crippen molar-refractivity contribution in [3.05, 3.63) is 33.8 Å². The van der Waals surface area contributed by atoms with E-state index in [-0.39, 0.29) is 11.2 Å². The largest absolute Gasteiger partial charge is 0.316 e. The number of carbonyl (C=O) groups excluding carboxylic acids is 1. The Labute approximate surface area is 118 Å². The van der Waals surface area contributed by atoms with Gasteiger partial charge in [-0.2, -0.15) is 0 Å². The summed E-state index contributed by atoms with van der Waals surface area (Å²) in [5.41, 5.74) is 0.611. The first kappa shape index (κ1) is 13.9. The molecule has 0 aliphatic carbocycles. The van der Waals surface area contributed by atoms with Crippen molar-refractivity contribution in [2.24, 2.45) is 5.41 Å². The number of hydrogen-bond donors (Lipinski definition) is 1. The van der Waals surface area contributed by atoms with Gasteiger partial charge in [0, 0.05) is 28.4 Å². The van der Waals surface area contributed by atoms with Gasteiger partial charge < -0.3 is 5.32 Å². The summed E-state index contributed by atoms with van der Waals surface area (Å²) in [5, 5.41) is 4.52. The Morgan fingerprint density at radius 3 is 2.83 bits per heavy atom. The Morgan fingerprint density at radius 2 is 2.22 bits per heavy atom. The fraction of sp³-hybridized carbons (Fsp3) is 0.500. The van der Waals surface area contributed by atoms with Crippen LogP contribution in [0.3, 0.4) is 0 Å². The number of rotatable bonds is 4. The smallest absolute Gasteiger partial charge is 0.144 e. The van der Waals surface area contributed by atoms with Crippen LogP contribution in [0.15, 0.2) is 18.2 Å². The molecule has 0 spiro atoms. The van der Waals surface area contributed by atoms with Crippen LogP contribution in [0.1, 0.15) is 25.3 Å². The third kappa shape index (κ3) is 2.71. The van der Waals surface area contributed by atoms with E-state index >= 15 is 0 Å². The molecule has 2 nitrogen and oxygen atoms in total. The van der Waals surface area contributed by atoms with Gasteiger partial charge in [0.1, 0.15) is 5.78 Å². The molecular formula is C14H17Cl2NO. The van der Waals surface area contributed by atoms with E-state index in [0.29, 0.717) is 16.5 Å². The highest BCUT2D eigenvalue weighted by Crippen LogP contribution is 2.33. The van der Waals surface area contributed by atoms with Crippen molar-refractivity contribution in [1.82, 2.24) is 5.32 Å². The Hall–Kier alpha value is -0.570. The van der Waals surface area contributed by atoms with E-state index in [4.69, 9.17) is 23.2 Å². The van der Waals surface area contributed by atoms with Crippen LogP contribution in [0.25, 0.3) is 0 Å². The number of benzene rings is 1. The summed E-state index contributed by atoms with van der Waals surface area (Å²) in [4.78, 5) is 12.5. The van der Waals surface area contributed by atoms with Crippen molar-refractivity contribution < 1.29 is 4.79 Å². The molecule has 2 rings (SSSR count). The van der Waals surface area contributed by atoms with Crippen LogP contribution in [0, 0.1) is 5.41 Å². The van der Waals surface area contributed by atoms with E-state index in [0.717, 1.165) is 31.5 Å². The third-order valence-electron chi connectivity index (χ3n) is 3.87. The molecule has 4 heteroatoms. The van der Waals surface area contributed by atoms with Crippen molar-refractivity contribution in [1.29, 1.82) is 0 Å². The van der Waals surface area contributed by atoms with E-state index in [1.807, 2.05) is 0 Å². The third-order valence-corrected chi connectivity index (χ3v) is 4.47. The minimum atomic E-state index is -0.217. The van der Waals surface area contributed by atoms with E-state index in [2.05, 4.69) is 12.2 Å². The molecule has 98 valence electrons. The summed E-state index contributed by atoms with van der Waals surface area (Å²) in [6, 6.07) is 5.27. The molecule has 1 aliphatic heterocycles. The first-order valence-electron chi connectivity index (χ1n) is 6.25. The van der Waals surface area contributed by atoms with Crippen LogP contribution in [-0.4, -0.2) is 18.9 Å². The predicted molar refractivity (Wildman–Crippen MR) is 75.4 cm³/mol. The first-order valence-corrected chi connectivity index (χ1v) is 7.01. The molecule has 1 fully saturated rings. The summed E-state index contributed by atoms with van der Waals surface area (Å²) in [6.45, 7) is 3.77. The van der Waals surface area contributed by atoms with Gasteiger partial charge in [0.05, 0.1) is 0 Å². The zero-order valence-corrected chi connectivity index (χ0v) is 11.9. The van der Waals surface area contributed by atoms with E-state index in [9.17, 15) is 4.79 Å². The van der Waals surface area contributed by atoms with Gasteiger partial charge in [-0.15, -0.1) is 0 Å². The molecule has 0 aromatic heterocycles. The summed E-state index contributed by atoms with van der Waals surface area (Å²) < 4.78 is 0. The molecular weight excluding hydrogens is 269 g/mol. The fourth-order valence-electron chi connectivity index (χ4n) is 2.52. The SMILES string of the molecule is CCC1(C(=O)Cc2cc(Cl)ccc2Cl)CCNC1. The number of halogens is 2. The molecule has 1 aromatic rings. The van der Waals surface area contributed by atoms with E-state index < -0.39 is 0 Å². The zero-order chi connectivity index (χ0) is 13.2. The van der Waals surface area contributed by atoms with Crippen molar-refractivity contribution in [3.63, 3.8) is 0 Å². The maximum absolute atomic E-state index is 12.5. The highest BCUT2D eigenvalue weighted by Gasteiger charge is 2.38. The van der Waals surface area contributed by atoms with Crippen LogP contribution in [-0.2, 0) is 11.2 Å². The highest BCUT2D eigenvalue weighted by atomic mass is 35.5. The maximum atomic E-state index is 12.5. The molecule has 0 saturated carbocycles. The van der Waals surface area contributed by atoms with Crippen LogP contribution >= 0.6 is 23.2 Å². The maximum Gasteiger partial charge on any atom is 0.144 e.